The zero-order valence-electron chi connectivity index (χ0n) is 8.06. The van der Waals surface area contributed by atoms with E-state index < -0.39 is 5.97 Å². The number of carboxylic acid groups (broad SMARTS) is 1. The summed E-state index contributed by atoms with van der Waals surface area (Å²) in [5.41, 5.74) is 0. The second kappa shape index (κ2) is 5.74. The lowest BCUT2D eigenvalue weighted by Gasteiger charge is -2.00. The van der Waals surface area contributed by atoms with Gasteiger partial charge < -0.3 is 5.11 Å². The minimum absolute atomic E-state index is 0.0928. The normalized spacial score (nSPS) is 9.87. The molecule has 0 bridgehead atoms. The number of hydrogen-bond acceptors (Lipinski definition) is 4. The topological polar surface area (TPSA) is 108 Å². The number of carbonyl (C=O) groups is 2. The van der Waals surface area contributed by atoms with Gasteiger partial charge in [-0.1, -0.05) is 0 Å². The summed E-state index contributed by atoms with van der Waals surface area (Å²) in [5.74, 6) is -0.735. The van der Waals surface area contributed by atoms with Crippen molar-refractivity contribution in [2.24, 2.45) is 0 Å². The van der Waals surface area contributed by atoms with Gasteiger partial charge in [0.1, 0.15) is 6.33 Å². The van der Waals surface area contributed by atoms with E-state index in [1.165, 1.54) is 6.33 Å². The summed E-state index contributed by atoms with van der Waals surface area (Å²) in [6.45, 7) is 0. The Labute approximate surface area is 85.9 Å². The van der Waals surface area contributed by atoms with Crippen molar-refractivity contribution >= 4 is 17.8 Å². The first-order valence-corrected chi connectivity index (χ1v) is 4.55. The van der Waals surface area contributed by atoms with E-state index in [-0.39, 0.29) is 18.7 Å². The van der Waals surface area contributed by atoms with Crippen LogP contribution in [0.25, 0.3) is 0 Å². The summed E-state index contributed by atoms with van der Waals surface area (Å²) in [5, 5.41) is 16.9. The van der Waals surface area contributed by atoms with Crippen LogP contribution in [0.5, 0.6) is 0 Å². The van der Waals surface area contributed by atoms with Crippen molar-refractivity contribution in [2.45, 2.75) is 25.7 Å². The fraction of sp³-hybridized carbons (Fsp3) is 0.500. The van der Waals surface area contributed by atoms with Crippen LogP contribution in [0.3, 0.4) is 0 Å². The van der Waals surface area contributed by atoms with Gasteiger partial charge in [0.05, 0.1) is 0 Å². The van der Waals surface area contributed by atoms with Crippen LogP contribution >= 0.6 is 0 Å². The number of unbranched alkanes of at least 4 members (excludes halogenated alkanes) is 1. The molecule has 0 radical (unpaired) electrons. The second-order valence-electron chi connectivity index (χ2n) is 2.98. The van der Waals surface area contributed by atoms with Crippen molar-refractivity contribution < 1.29 is 14.7 Å². The highest BCUT2D eigenvalue weighted by Crippen LogP contribution is 2.02. The summed E-state index contributed by atoms with van der Waals surface area (Å²) < 4.78 is 0. The number of amides is 1. The van der Waals surface area contributed by atoms with Crippen molar-refractivity contribution in [1.82, 2.24) is 15.2 Å². The molecule has 1 aromatic rings. The quantitative estimate of drug-likeness (QED) is 0.591. The Balaban J connectivity index is 2.11. The van der Waals surface area contributed by atoms with E-state index in [4.69, 9.17) is 5.11 Å². The summed E-state index contributed by atoms with van der Waals surface area (Å²) in [4.78, 5) is 25.1. The Hall–Kier alpha value is -1.92. The minimum Gasteiger partial charge on any atom is -0.481 e. The first-order chi connectivity index (χ1) is 7.18. The lowest BCUT2D eigenvalue weighted by Crippen LogP contribution is -2.12. The molecule has 3 N–H and O–H groups in total. The number of H-pyrrole nitrogens is 1. The molecule has 7 nitrogen and oxygen atoms in total. The number of aliphatic carboxylic acids is 1. The second-order valence-corrected chi connectivity index (χ2v) is 2.98. The lowest BCUT2D eigenvalue weighted by molar-refractivity contribution is -0.137. The molecule has 1 heterocycles. The van der Waals surface area contributed by atoms with Gasteiger partial charge >= 0.3 is 5.97 Å². The maximum absolute atomic E-state index is 11.2. The molecule has 15 heavy (non-hydrogen) atoms. The van der Waals surface area contributed by atoms with Crippen molar-refractivity contribution in [3.63, 3.8) is 0 Å². The Kier molecular flexibility index (Phi) is 4.27. The molecular formula is C8H12N4O3. The van der Waals surface area contributed by atoms with Gasteiger partial charge in [0.15, 0.2) is 0 Å². The van der Waals surface area contributed by atoms with Crippen molar-refractivity contribution in [3.8, 4) is 0 Å². The van der Waals surface area contributed by atoms with Crippen LogP contribution < -0.4 is 5.32 Å². The number of carboxylic acids is 1. The number of aromatic nitrogens is 3. The molecule has 0 spiro atoms. The van der Waals surface area contributed by atoms with Crippen molar-refractivity contribution in [2.75, 3.05) is 5.32 Å². The minimum atomic E-state index is -0.842. The van der Waals surface area contributed by atoms with E-state index in [2.05, 4.69) is 20.5 Å². The van der Waals surface area contributed by atoms with Crippen LogP contribution in [0.2, 0.25) is 0 Å². The van der Waals surface area contributed by atoms with Crippen molar-refractivity contribution in [1.29, 1.82) is 0 Å². The zero-order valence-corrected chi connectivity index (χ0v) is 8.06. The van der Waals surface area contributed by atoms with Gasteiger partial charge in [-0.05, 0) is 12.8 Å². The molecule has 1 aromatic heterocycles. The standard InChI is InChI=1S/C8H12N4O3/c13-6(3-1-2-4-7(14)15)11-8-9-5-10-12-8/h5H,1-4H2,(H,14,15)(H2,9,10,11,12,13). The monoisotopic (exact) mass is 212 g/mol. The van der Waals surface area contributed by atoms with E-state index in [1.807, 2.05) is 0 Å². The molecule has 0 unspecified atom stereocenters. The number of rotatable bonds is 6. The number of anilines is 1. The molecule has 0 saturated carbocycles. The Morgan fingerprint density at radius 3 is 2.73 bits per heavy atom. The van der Waals surface area contributed by atoms with Gasteiger partial charge in [-0.3, -0.25) is 14.9 Å². The number of carbonyl (C=O) groups excluding carboxylic acids is 1. The first-order valence-electron chi connectivity index (χ1n) is 4.55. The smallest absolute Gasteiger partial charge is 0.303 e. The molecule has 0 aromatic carbocycles. The zero-order chi connectivity index (χ0) is 11.1. The van der Waals surface area contributed by atoms with Crippen LogP contribution in [0.1, 0.15) is 25.7 Å². The Morgan fingerprint density at radius 2 is 2.13 bits per heavy atom. The average Bonchev–Trinajstić information content (AvgIpc) is 2.64. The molecule has 1 amide bonds. The fourth-order valence-electron chi connectivity index (χ4n) is 1.02. The third-order valence-corrected chi connectivity index (χ3v) is 1.72. The molecule has 7 heteroatoms. The van der Waals surface area contributed by atoms with Gasteiger partial charge in [0.25, 0.3) is 0 Å². The van der Waals surface area contributed by atoms with Crippen LogP contribution in [-0.4, -0.2) is 32.2 Å². The van der Waals surface area contributed by atoms with E-state index in [1.54, 1.807) is 0 Å². The van der Waals surface area contributed by atoms with Gasteiger partial charge in [0.2, 0.25) is 11.9 Å². The lowest BCUT2D eigenvalue weighted by atomic mass is 10.2. The number of aromatic amines is 1. The average molecular weight is 212 g/mol. The maximum Gasteiger partial charge on any atom is 0.303 e. The third kappa shape index (κ3) is 4.75. The predicted octanol–water partition coefficient (Wildman–Crippen LogP) is 0.388. The molecule has 0 fully saturated rings. The Morgan fingerprint density at radius 1 is 1.40 bits per heavy atom. The van der Waals surface area contributed by atoms with Gasteiger partial charge in [-0.25, -0.2) is 5.10 Å². The maximum atomic E-state index is 11.2. The summed E-state index contributed by atoms with van der Waals surface area (Å²) in [6, 6.07) is 0. The van der Waals surface area contributed by atoms with Crippen LogP contribution in [0, 0.1) is 0 Å². The summed E-state index contributed by atoms with van der Waals surface area (Å²) in [7, 11) is 0. The predicted molar refractivity (Wildman–Crippen MR) is 51.1 cm³/mol. The molecule has 82 valence electrons. The van der Waals surface area contributed by atoms with Crippen LogP contribution in [0.15, 0.2) is 6.33 Å². The summed E-state index contributed by atoms with van der Waals surface area (Å²) in [6.07, 6.45) is 2.72. The van der Waals surface area contributed by atoms with E-state index in [0.717, 1.165) is 0 Å². The number of hydrogen-bond donors (Lipinski definition) is 3. The molecule has 0 aliphatic heterocycles. The first kappa shape index (κ1) is 11.2. The third-order valence-electron chi connectivity index (χ3n) is 1.72. The highest BCUT2D eigenvalue weighted by Gasteiger charge is 2.04. The highest BCUT2D eigenvalue weighted by atomic mass is 16.4. The summed E-state index contributed by atoms with van der Waals surface area (Å²) >= 11 is 0. The molecule has 1 rings (SSSR count). The molecule has 0 aliphatic carbocycles. The number of nitrogens with one attached hydrogen (secondary N) is 2. The van der Waals surface area contributed by atoms with E-state index in [9.17, 15) is 9.59 Å². The van der Waals surface area contributed by atoms with E-state index >= 15 is 0 Å². The Bertz CT molecular complexity index is 323. The van der Waals surface area contributed by atoms with Gasteiger partial charge in [-0.2, -0.15) is 10.1 Å². The molecule has 0 aliphatic rings. The molecule has 0 saturated heterocycles. The molecule has 0 atom stereocenters. The van der Waals surface area contributed by atoms with Gasteiger partial charge in [-0.15, -0.1) is 0 Å². The van der Waals surface area contributed by atoms with Crippen molar-refractivity contribution in [3.05, 3.63) is 6.33 Å². The SMILES string of the molecule is O=C(O)CCCCC(=O)Nc1ncn[nH]1. The largest absolute Gasteiger partial charge is 0.481 e. The van der Waals surface area contributed by atoms with Crippen LogP contribution in [-0.2, 0) is 9.59 Å². The fourth-order valence-corrected chi connectivity index (χ4v) is 1.02. The van der Waals surface area contributed by atoms with E-state index in [0.29, 0.717) is 18.8 Å². The van der Waals surface area contributed by atoms with Gasteiger partial charge in [0, 0.05) is 12.8 Å². The highest BCUT2D eigenvalue weighted by molar-refractivity contribution is 5.88. The number of nitrogens with zero attached hydrogens (tertiary/aromatic N) is 2. The van der Waals surface area contributed by atoms with Crippen LogP contribution in [0.4, 0.5) is 5.95 Å². The molecular weight excluding hydrogens is 200 g/mol.